The Kier molecular flexibility index (Phi) is 2.84. The van der Waals surface area contributed by atoms with Crippen LogP contribution >= 0.6 is 0 Å². The predicted molar refractivity (Wildman–Crippen MR) is 82.9 cm³/mol. The van der Waals surface area contributed by atoms with E-state index >= 15 is 0 Å². The highest BCUT2D eigenvalue weighted by atomic mass is 16.2. The number of aromatic nitrogens is 1. The van der Waals surface area contributed by atoms with Gasteiger partial charge in [-0.1, -0.05) is 24.6 Å². The Hall–Kier alpha value is -2.10. The monoisotopic (exact) mass is 281 g/mol. The maximum absolute atomic E-state index is 12.7. The van der Waals surface area contributed by atoms with E-state index in [4.69, 9.17) is 5.73 Å². The van der Waals surface area contributed by atoms with Crippen LogP contribution in [-0.4, -0.2) is 28.9 Å². The molecule has 2 unspecified atom stereocenters. The number of hydrogen-bond acceptors (Lipinski definition) is 3. The van der Waals surface area contributed by atoms with Crippen molar-refractivity contribution in [2.24, 2.45) is 11.8 Å². The number of nitrogen functional groups attached to an aromatic ring is 1. The second-order valence-electron chi connectivity index (χ2n) is 6.28. The molecule has 1 aliphatic heterocycles. The van der Waals surface area contributed by atoms with Crippen molar-refractivity contribution in [1.29, 1.82) is 0 Å². The molecule has 2 atom stereocenters. The third kappa shape index (κ3) is 2.06. The van der Waals surface area contributed by atoms with Crippen LogP contribution < -0.4 is 5.73 Å². The van der Waals surface area contributed by atoms with E-state index in [9.17, 15) is 4.79 Å². The number of nitrogens with two attached hydrogens (primary N) is 1. The summed E-state index contributed by atoms with van der Waals surface area (Å²) in [7, 11) is 0. The van der Waals surface area contributed by atoms with Crippen molar-refractivity contribution < 1.29 is 4.79 Å². The molecule has 2 aromatic rings. The van der Waals surface area contributed by atoms with Crippen LogP contribution in [0.3, 0.4) is 0 Å². The highest BCUT2D eigenvalue weighted by molar-refractivity contribution is 5.99. The van der Waals surface area contributed by atoms with E-state index in [1.54, 1.807) is 6.07 Å². The largest absolute Gasteiger partial charge is 0.398 e. The van der Waals surface area contributed by atoms with E-state index in [-0.39, 0.29) is 5.91 Å². The summed E-state index contributed by atoms with van der Waals surface area (Å²) in [5, 5.41) is 0.910. The number of amides is 1. The minimum absolute atomic E-state index is 0.0295. The Balaban J connectivity index is 1.65. The SMILES string of the molecule is Nc1cc(C(=O)N2CC3CCCC3C2)nc2ccccc12. The van der Waals surface area contributed by atoms with E-state index in [0.29, 0.717) is 23.2 Å². The minimum atomic E-state index is 0.0295. The zero-order valence-electron chi connectivity index (χ0n) is 12.0. The molecule has 21 heavy (non-hydrogen) atoms. The molecule has 1 aromatic carbocycles. The molecule has 2 fully saturated rings. The summed E-state index contributed by atoms with van der Waals surface area (Å²) in [4.78, 5) is 19.1. The van der Waals surface area contributed by atoms with E-state index in [1.165, 1.54) is 19.3 Å². The van der Waals surface area contributed by atoms with Gasteiger partial charge in [0.2, 0.25) is 0 Å². The van der Waals surface area contributed by atoms with Crippen LogP contribution in [0, 0.1) is 11.8 Å². The maximum atomic E-state index is 12.7. The normalized spacial score (nSPS) is 24.5. The summed E-state index contributed by atoms with van der Waals surface area (Å²) in [6.07, 6.45) is 3.85. The van der Waals surface area contributed by atoms with Crippen molar-refractivity contribution in [3.8, 4) is 0 Å². The number of pyridine rings is 1. The molecule has 0 spiro atoms. The average Bonchev–Trinajstić information content (AvgIpc) is 3.07. The van der Waals surface area contributed by atoms with Crippen LogP contribution in [0.5, 0.6) is 0 Å². The number of likely N-dealkylation sites (tertiary alicyclic amines) is 1. The average molecular weight is 281 g/mol. The predicted octanol–water partition coefficient (Wildman–Crippen LogP) is 2.69. The van der Waals surface area contributed by atoms with Crippen LogP contribution in [0.4, 0.5) is 5.69 Å². The van der Waals surface area contributed by atoms with Gasteiger partial charge in [0.1, 0.15) is 5.69 Å². The first kappa shape index (κ1) is 12.6. The third-order valence-corrected chi connectivity index (χ3v) is 4.98. The van der Waals surface area contributed by atoms with Gasteiger partial charge in [0.05, 0.1) is 5.52 Å². The van der Waals surface area contributed by atoms with Crippen LogP contribution in [0.15, 0.2) is 30.3 Å². The molecular weight excluding hydrogens is 262 g/mol. The highest BCUT2D eigenvalue weighted by Gasteiger charge is 2.38. The van der Waals surface area contributed by atoms with Crippen molar-refractivity contribution in [2.75, 3.05) is 18.8 Å². The number of para-hydroxylation sites is 1. The molecule has 4 rings (SSSR count). The molecular formula is C17H19N3O. The van der Waals surface area contributed by atoms with E-state index in [0.717, 1.165) is 24.0 Å². The Morgan fingerprint density at radius 2 is 1.90 bits per heavy atom. The quantitative estimate of drug-likeness (QED) is 0.874. The van der Waals surface area contributed by atoms with Crippen molar-refractivity contribution >= 4 is 22.5 Å². The molecule has 2 N–H and O–H groups in total. The number of anilines is 1. The van der Waals surface area contributed by atoms with E-state index < -0.39 is 0 Å². The smallest absolute Gasteiger partial charge is 0.272 e. The van der Waals surface area contributed by atoms with Crippen LogP contribution in [0.25, 0.3) is 10.9 Å². The van der Waals surface area contributed by atoms with Crippen molar-refractivity contribution in [3.63, 3.8) is 0 Å². The topological polar surface area (TPSA) is 59.2 Å². The number of benzene rings is 1. The summed E-state index contributed by atoms with van der Waals surface area (Å²) in [6.45, 7) is 1.77. The molecule has 108 valence electrons. The van der Waals surface area contributed by atoms with Gasteiger partial charge in [-0.2, -0.15) is 0 Å². The van der Waals surface area contributed by atoms with Gasteiger partial charge in [-0.3, -0.25) is 4.79 Å². The minimum Gasteiger partial charge on any atom is -0.398 e. The molecule has 4 nitrogen and oxygen atoms in total. The van der Waals surface area contributed by atoms with Gasteiger partial charge < -0.3 is 10.6 Å². The molecule has 0 bridgehead atoms. The molecule has 1 saturated carbocycles. The number of rotatable bonds is 1. The molecule has 4 heteroatoms. The molecule has 1 amide bonds. The first-order chi connectivity index (χ1) is 10.2. The summed E-state index contributed by atoms with van der Waals surface area (Å²) >= 11 is 0. The number of hydrogen-bond donors (Lipinski definition) is 1. The fourth-order valence-corrected chi connectivity index (χ4v) is 3.87. The summed E-state index contributed by atoms with van der Waals surface area (Å²) < 4.78 is 0. The molecule has 2 heterocycles. The van der Waals surface area contributed by atoms with Gasteiger partial charge in [0, 0.05) is 24.2 Å². The fourth-order valence-electron chi connectivity index (χ4n) is 3.87. The fraction of sp³-hybridized carbons (Fsp3) is 0.412. The lowest BCUT2D eigenvalue weighted by atomic mass is 10.0. The van der Waals surface area contributed by atoms with Crippen molar-refractivity contribution in [2.45, 2.75) is 19.3 Å². The van der Waals surface area contributed by atoms with Crippen LogP contribution in [0.1, 0.15) is 29.8 Å². The van der Waals surface area contributed by atoms with E-state index in [1.807, 2.05) is 29.2 Å². The van der Waals surface area contributed by atoms with Gasteiger partial charge in [-0.15, -0.1) is 0 Å². The summed E-state index contributed by atoms with van der Waals surface area (Å²) in [5.74, 6) is 1.43. The first-order valence-electron chi connectivity index (χ1n) is 7.67. The Bertz CT molecular complexity index is 700. The Morgan fingerprint density at radius 3 is 2.67 bits per heavy atom. The van der Waals surface area contributed by atoms with Crippen molar-refractivity contribution in [3.05, 3.63) is 36.0 Å². The summed E-state index contributed by atoms with van der Waals surface area (Å²) in [6, 6.07) is 9.42. The molecule has 1 aliphatic carbocycles. The molecule has 1 aromatic heterocycles. The highest BCUT2D eigenvalue weighted by Crippen LogP contribution is 2.38. The molecule has 0 radical (unpaired) electrons. The lowest BCUT2D eigenvalue weighted by molar-refractivity contribution is 0.0775. The number of carbonyl (C=O) groups excluding carboxylic acids is 1. The van der Waals surface area contributed by atoms with Gasteiger partial charge in [0.15, 0.2) is 0 Å². The molecule has 2 aliphatic rings. The standard InChI is InChI=1S/C17H19N3O/c18-14-8-16(19-15-7-2-1-6-13(14)15)17(21)20-9-11-4-3-5-12(11)10-20/h1-2,6-8,11-12H,3-5,9-10H2,(H2,18,19). The number of nitrogens with zero attached hydrogens (tertiary/aromatic N) is 2. The van der Waals surface area contributed by atoms with Gasteiger partial charge in [-0.05, 0) is 36.8 Å². The lowest BCUT2D eigenvalue weighted by Crippen LogP contribution is -2.30. The molecule has 1 saturated heterocycles. The second-order valence-corrected chi connectivity index (χ2v) is 6.28. The zero-order chi connectivity index (χ0) is 14.4. The third-order valence-electron chi connectivity index (χ3n) is 4.98. The van der Waals surface area contributed by atoms with E-state index in [2.05, 4.69) is 4.98 Å². The number of carbonyl (C=O) groups is 1. The maximum Gasteiger partial charge on any atom is 0.272 e. The summed E-state index contributed by atoms with van der Waals surface area (Å²) in [5.41, 5.74) is 7.97. The van der Waals surface area contributed by atoms with Crippen LogP contribution in [-0.2, 0) is 0 Å². The van der Waals surface area contributed by atoms with Gasteiger partial charge in [-0.25, -0.2) is 4.98 Å². The zero-order valence-corrected chi connectivity index (χ0v) is 12.0. The Morgan fingerprint density at radius 1 is 1.19 bits per heavy atom. The lowest BCUT2D eigenvalue weighted by Gasteiger charge is -2.17. The van der Waals surface area contributed by atoms with Gasteiger partial charge >= 0.3 is 0 Å². The van der Waals surface area contributed by atoms with Crippen LogP contribution in [0.2, 0.25) is 0 Å². The van der Waals surface area contributed by atoms with Crippen molar-refractivity contribution in [1.82, 2.24) is 9.88 Å². The van der Waals surface area contributed by atoms with Gasteiger partial charge in [0.25, 0.3) is 5.91 Å². The first-order valence-corrected chi connectivity index (χ1v) is 7.67. The second kappa shape index (κ2) is 4.72. The number of fused-ring (bicyclic) bond motifs is 2. The Labute approximate surface area is 124 Å².